The van der Waals surface area contributed by atoms with Crippen LogP contribution in [0, 0.1) is 5.82 Å². The van der Waals surface area contributed by atoms with Crippen molar-refractivity contribution < 1.29 is 18.7 Å². The first kappa shape index (κ1) is 22.6. The van der Waals surface area contributed by atoms with Crippen LogP contribution in [0.5, 0.6) is 11.6 Å². The summed E-state index contributed by atoms with van der Waals surface area (Å²) in [5.41, 5.74) is 2.04. The summed E-state index contributed by atoms with van der Waals surface area (Å²) in [6.07, 6.45) is 1.56. The van der Waals surface area contributed by atoms with E-state index in [9.17, 15) is 9.50 Å². The van der Waals surface area contributed by atoms with Crippen molar-refractivity contribution in [2.75, 3.05) is 38.2 Å². The van der Waals surface area contributed by atoms with E-state index in [1.807, 2.05) is 12.1 Å². The molecule has 5 aromatic rings. The average molecular weight is 506 g/mol. The number of hydrogen-bond acceptors (Lipinski definition) is 8. The second-order valence-corrected chi connectivity index (χ2v) is 9.58. The Labute approximate surface area is 210 Å². The summed E-state index contributed by atoms with van der Waals surface area (Å²) in [6, 6.07) is 17.8. The van der Waals surface area contributed by atoms with E-state index >= 15 is 0 Å². The predicted octanol–water partition coefficient (Wildman–Crippen LogP) is 4.82. The maximum atomic E-state index is 13.8. The summed E-state index contributed by atoms with van der Waals surface area (Å²) in [5, 5.41) is 15.7. The molecule has 3 aromatic heterocycles. The molecule has 0 radical (unpaired) electrons. The highest BCUT2D eigenvalue weighted by Crippen LogP contribution is 2.41. The van der Waals surface area contributed by atoms with Crippen molar-refractivity contribution in [3.05, 3.63) is 83.2 Å². The van der Waals surface area contributed by atoms with Crippen LogP contribution < -0.4 is 9.64 Å². The third-order valence-electron chi connectivity index (χ3n) is 6.49. The molecule has 10 heteroatoms. The molecule has 1 N–H and O–H groups in total. The average Bonchev–Trinajstić information content (AvgIpc) is 3.65. The number of benzene rings is 2. The number of aromatic nitrogens is 3. The lowest BCUT2D eigenvalue weighted by atomic mass is 10.0. The highest BCUT2D eigenvalue weighted by molar-refractivity contribution is 7.17. The normalized spacial score (nSPS) is 15.4. The van der Waals surface area contributed by atoms with Crippen molar-refractivity contribution in [2.45, 2.75) is 6.04 Å². The maximum Gasteiger partial charge on any atom is 0.230 e. The fourth-order valence-corrected chi connectivity index (χ4v) is 5.76. The van der Waals surface area contributed by atoms with E-state index in [2.05, 4.69) is 32.0 Å². The molecule has 184 valence electrons. The number of anilines is 1. The highest BCUT2D eigenvalue weighted by atomic mass is 32.1. The van der Waals surface area contributed by atoms with Crippen LogP contribution in [-0.2, 0) is 0 Å². The number of nitrogens with zero attached hydrogens (tertiary/aromatic N) is 5. The van der Waals surface area contributed by atoms with Crippen LogP contribution in [0.1, 0.15) is 16.5 Å². The van der Waals surface area contributed by atoms with Gasteiger partial charge in [0.25, 0.3) is 0 Å². The number of rotatable bonds is 6. The molecule has 0 amide bonds. The van der Waals surface area contributed by atoms with E-state index in [1.54, 1.807) is 37.6 Å². The minimum atomic E-state index is -0.295. The Bertz CT molecular complexity index is 1460. The first-order valence-electron chi connectivity index (χ1n) is 11.6. The molecular formula is C26H24FN5O3S. The van der Waals surface area contributed by atoms with Gasteiger partial charge in [-0.05, 0) is 54.1 Å². The number of fused-ring (bicyclic) bond motifs is 1. The number of methoxy groups -OCH3 is 1. The molecule has 2 aromatic carbocycles. The molecule has 4 heterocycles. The SMILES string of the molecule is COc1ccc(N2CCN(C(c3ccc(F)cc3)c3sc4nc(-c5ccco5)nn4c3O)CC2)cc1. The number of piperazine rings is 1. The number of ether oxygens (including phenoxy) is 1. The molecule has 1 atom stereocenters. The number of hydrogen-bond donors (Lipinski definition) is 1. The Hall–Kier alpha value is -3.89. The first-order valence-corrected chi connectivity index (χ1v) is 12.4. The maximum absolute atomic E-state index is 13.8. The van der Waals surface area contributed by atoms with Crippen molar-refractivity contribution in [2.24, 2.45) is 0 Å². The number of halogens is 1. The second-order valence-electron chi connectivity index (χ2n) is 8.57. The molecule has 0 aliphatic carbocycles. The van der Waals surface area contributed by atoms with Gasteiger partial charge < -0.3 is 19.2 Å². The molecule has 1 saturated heterocycles. The Kier molecular flexibility index (Phi) is 5.82. The van der Waals surface area contributed by atoms with Crippen molar-refractivity contribution in [1.82, 2.24) is 19.5 Å². The van der Waals surface area contributed by atoms with Gasteiger partial charge >= 0.3 is 0 Å². The summed E-state index contributed by atoms with van der Waals surface area (Å²) in [6.45, 7) is 3.15. The van der Waals surface area contributed by atoms with Crippen LogP contribution in [-0.4, -0.2) is 57.9 Å². The zero-order chi connectivity index (χ0) is 24.6. The highest BCUT2D eigenvalue weighted by Gasteiger charge is 2.32. The van der Waals surface area contributed by atoms with E-state index in [1.165, 1.54) is 28.0 Å². The minimum Gasteiger partial charge on any atom is -0.497 e. The third kappa shape index (κ3) is 4.08. The lowest BCUT2D eigenvalue weighted by Crippen LogP contribution is -2.47. The monoisotopic (exact) mass is 505 g/mol. The predicted molar refractivity (Wildman–Crippen MR) is 135 cm³/mol. The zero-order valence-corrected chi connectivity index (χ0v) is 20.4. The van der Waals surface area contributed by atoms with Crippen LogP contribution in [0.15, 0.2) is 71.3 Å². The molecule has 1 aliphatic heterocycles. The summed E-state index contributed by atoms with van der Waals surface area (Å²) >= 11 is 1.38. The molecule has 0 spiro atoms. The number of thiazole rings is 1. The quantitative estimate of drug-likeness (QED) is 0.355. The molecule has 36 heavy (non-hydrogen) atoms. The standard InChI is InChI=1S/C26H24FN5O3S/c1-34-20-10-8-19(9-11-20)30-12-14-31(15-13-30)22(17-4-6-18(27)7-5-17)23-25(33)32-26(36-23)28-24(29-32)21-3-2-16-35-21/h2-11,16,22,33H,12-15H2,1H3. The third-order valence-corrected chi connectivity index (χ3v) is 7.56. The molecule has 0 bridgehead atoms. The van der Waals surface area contributed by atoms with Crippen LogP contribution >= 0.6 is 11.3 Å². The number of furan rings is 1. The number of aromatic hydroxyl groups is 1. The fraction of sp³-hybridized carbons (Fsp3) is 0.231. The molecule has 1 unspecified atom stereocenters. The smallest absolute Gasteiger partial charge is 0.230 e. The molecule has 1 fully saturated rings. The topological polar surface area (TPSA) is 79.3 Å². The van der Waals surface area contributed by atoms with E-state index in [-0.39, 0.29) is 17.7 Å². The van der Waals surface area contributed by atoms with E-state index in [4.69, 9.17) is 9.15 Å². The Morgan fingerprint density at radius 3 is 2.42 bits per heavy atom. The Balaban J connectivity index is 1.31. The lowest BCUT2D eigenvalue weighted by Gasteiger charge is -2.40. The van der Waals surface area contributed by atoms with Gasteiger partial charge in [0.1, 0.15) is 11.6 Å². The van der Waals surface area contributed by atoms with Gasteiger partial charge in [-0.15, -0.1) is 5.10 Å². The minimum absolute atomic E-state index is 0.0345. The van der Waals surface area contributed by atoms with Crippen LogP contribution in [0.25, 0.3) is 16.5 Å². The van der Waals surface area contributed by atoms with Crippen LogP contribution in [0.2, 0.25) is 0 Å². The fourth-order valence-electron chi connectivity index (χ4n) is 4.64. The lowest BCUT2D eigenvalue weighted by molar-refractivity contribution is 0.211. The summed E-state index contributed by atoms with van der Waals surface area (Å²) in [7, 11) is 1.66. The van der Waals surface area contributed by atoms with Gasteiger partial charge in [0.15, 0.2) is 5.76 Å². The van der Waals surface area contributed by atoms with Crippen LogP contribution in [0.4, 0.5) is 10.1 Å². The summed E-state index contributed by atoms with van der Waals surface area (Å²) < 4.78 is 25.9. The van der Waals surface area contributed by atoms with Gasteiger partial charge in [-0.3, -0.25) is 4.90 Å². The largest absolute Gasteiger partial charge is 0.497 e. The van der Waals surface area contributed by atoms with E-state index in [0.29, 0.717) is 16.5 Å². The zero-order valence-electron chi connectivity index (χ0n) is 19.5. The van der Waals surface area contributed by atoms with Gasteiger partial charge in [0.05, 0.1) is 24.3 Å². The van der Waals surface area contributed by atoms with E-state index < -0.39 is 0 Å². The van der Waals surface area contributed by atoms with Crippen molar-refractivity contribution in [3.8, 4) is 23.2 Å². The summed E-state index contributed by atoms with van der Waals surface area (Å²) in [4.78, 5) is 10.5. The molecule has 8 nitrogen and oxygen atoms in total. The van der Waals surface area contributed by atoms with Crippen LogP contribution in [0.3, 0.4) is 0 Å². The van der Waals surface area contributed by atoms with Crippen molar-refractivity contribution in [1.29, 1.82) is 0 Å². The molecule has 6 rings (SSSR count). The summed E-state index contributed by atoms with van der Waals surface area (Å²) in [5.74, 6) is 1.52. The van der Waals surface area contributed by atoms with Gasteiger partial charge in [-0.1, -0.05) is 23.5 Å². The molecule has 1 aliphatic rings. The van der Waals surface area contributed by atoms with Gasteiger partial charge in [0, 0.05) is 31.9 Å². The molecule has 0 saturated carbocycles. The second kappa shape index (κ2) is 9.29. The van der Waals surface area contributed by atoms with Gasteiger partial charge in [0.2, 0.25) is 16.7 Å². The molecular weight excluding hydrogens is 481 g/mol. The van der Waals surface area contributed by atoms with Crippen molar-refractivity contribution >= 4 is 22.0 Å². The Morgan fingerprint density at radius 1 is 1.03 bits per heavy atom. The van der Waals surface area contributed by atoms with E-state index in [0.717, 1.165) is 48.1 Å². The van der Waals surface area contributed by atoms with Gasteiger partial charge in [-0.25, -0.2) is 4.39 Å². The van der Waals surface area contributed by atoms with Crippen molar-refractivity contribution in [3.63, 3.8) is 0 Å². The van der Waals surface area contributed by atoms with Gasteiger partial charge in [-0.2, -0.15) is 9.50 Å². The first-order chi connectivity index (χ1) is 17.6. The Morgan fingerprint density at radius 2 is 1.78 bits per heavy atom.